The Labute approximate surface area is 167 Å². The molecule has 0 saturated heterocycles. The molecule has 1 aromatic carbocycles. The molecule has 2 rings (SSSR count). The molecule has 1 saturated carbocycles. The second-order valence-corrected chi connectivity index (χ2v) is 8.84. The molecule has 2 N–H and O–H groups in total. The van der Waals surface area contributed by atoms with Crippen molar-refractivity contribution in [1.29, 1.82) is 0 Å². The predicted octanol–water partition coefficient (Wildman–Crippen LogP) is 3.85. The molecular weight excluding hydrogens is 356 g/mol. The molecule has 5 heteroatoms. The Kier molecular flexibility index (Phi) is 8.39. The van der Waals surface area contributed by atoms with E-state index in [9.17, 15) is 10.0 Å². The van der Waals surface area contributed by atoms with Gasteiger partial charge in [0, 0.05) is 11.4 Å². The van der Waals surface area contributed by atoms with Crippen LogP contribution in [0.4, 0.5) is 0 Å². The number of nitrogens with one attached hydrogen (secondary N) is 1. The highest BCUT2D eigenvalue weighted by Crippen LogP contribution is 2.41. The van der Waals surface area contributed by atoms with E-state index < -0.39 is 5.54 Å². The van der Waals surface area contributed by atoms with Crippen LogP contribution in [-0.4, -0.2) is 27.5 Å². The van der Waals surface area contributed by atoms with Crippen LogP contribution in [0.1, 0.15) is 66.2 Å². The van der Waals surface area contributed by atoms with Crippen LogP contribution in [0.15, 0.2) is 23.1 Å². The Hall–Kier alpha value is -1.30. The molecule has 1 aromatic rings. The molecule has 4 nitrogen and oxygen atoms in total. The van der Waals surface area contributed by atoms with Gasteiger partial charge in [0.05, 0.1) is 0 Å². The fourth-order valence-corrected chi connectivity index (χ4v) is 4.97. The van der Waals surface area contributed by atoms with Gasteiger partial charge in [-0.3, -0.25) is 10.0 Å². The van der Waals surface area contributed by atoms with E-state index in [2.05, 4.69) is 62.4 Å². The Morgan fingerprint density at radius 2 is 2.04 bits per heavy atom. The van der Waals surface area contributed by atoms with E-state index in [4.69, 9.17) is 0 Å². The first-order chi connectivity index (χ1) is 13.0. The van der Waals surface area contributed by atoms with Gasteiger partial charge in [-0.25, -0.2) is 9.79 Å². The van der Waals surface area contributed by atoms with Crippen molar-refractivity contribution in [2.24, 2.45) is 5.92 Å². The van der Waals surface area contributed by atoms with Crippen molar-refractivity contribution < 1.29 is 10.0 Å². The molecular formula is C22H34N2O2S. The first-order valence-electron chi connectivity index (χ1n) is 10.1. The van der Waals surface area contributed by atoms with Crippen molar-refractivity contribution >= 4 is 30.0 Å². The van der Waals surface area contributed by atoms with Gasteiger partial charge in [0.15, 0.2) is 0 Å². The van der Waals surface area contributed by atoms with Crippen LogP contribution in [0.25, 0.3) is 12.2 Å². The van der Waals surface area contributed by atoms with Crippen LogP contribution in [0, 0.1) is 5.92 Å². The molecule has 1 aliphatic rings. The van der Waals surface area contributed by atoms with Crippen LogP contribution in [-0.2, 0) is 4.79 Å². The summed E-state index contributed by atoms with van der Waals surface area (Å²) in [7, 11) is 0. The monoisotopic (exact) mass is 390 g/mol. The second-order valence-electron chi connectivity index (χ2n) is 7.75. The number of rotatable bonds is 8. The SMILES string of the molecule is C/C=c1/cc(SN(CCC(C)C)C2(C(=O)NO)CCCC2)cc/c1=C/CC. The normalized spacial score (nSPS) is 17.9. The van der Waals surface area contributed by atoms with E-state index in [1.165, 1.54) is 10.4 Å². The molecule has 0 aromatic heterocycles. The molecule has 1 amide bonds. The topological polar surface area (TPSA) is 52.6 Å². The molecule has 27 heavy (non-hydrogen) atoms. The van der Waals surface area contributed by atoms with Gasteiger partial charge in [0.25, 0.3) is 5.91 Å². The molecule has 0 unspecified atom stereocenters. The van der Waals surface area contributed by atoms with Crippen molar-refractivity contribution in [3.05, 3.63) is 28.6 Å². The lowest BCUT2D eigenvalue weighted by Gasteiger charge is -2.38. The quantitative estimate of drug-likeness (QED) is 0.402. The zero-order chi connectivity index (χ0) is 19.9. The van der Waals surface area contributed by atoms with Gasteiger partial charge in [0.1, 0.15) is 5.54 Å². The molecule has 1 fully saturated rings. The Bertz CT molecular complexity index is 739. The number of amides is 1. The van der Waals surface area contributed by atoms with Gasteiger partial charge in [-0.05, 0) is 73.0 Å². The van der Waals surface area contributed by atoms with Crippen LogP contribution in [0.5, 0.6) is 0 Å². The average molecular weight is 391 g/mol. The van der Waals surface area contributed by atoms with Gasteiger partial charge in [-0.15, -0.1) is 0 Å². The largest absolute Gasteiger partial charge is 0.289 e. The highest BCUT2D eigenvalue weighted by Gasteiger charge is 2.46. The molecule has 150 valence electrons. The number of carbonyl (C=O) groups is 1. The lowest BCUT2D eigenvalue weighted by molar-refractivity contribution is -0.139. The lowest BCUT2D eigenvalue weighted by atomic mass is 9.96. The summed E-state index contributed by atoms with van der Waals surface area (Å²) in [6, 6.07) is 6.50. The number of hydrogen-bond donors (Lipinski definition) is 2. The maximum Gasteiger partial charge on any atom is 0.264 e. The molecule has 0 aliphatic heterocycles. The molecule has 1 aliphatic carbocycles. The summed E-state index contributed by atoms with van der Waals surface area (Å²) < 4.78 is 2.23. The third kappa shape index (κ3) is 5.37. The van der Waals surface area contributed by atoms with Gasteiger partial charge >= 0.3 is 0 Å². The van der Waals surface area contributed by atoms with Crippen molar-refractivity contribution in [3.63, 3.8) is 0 Å². The van der Waals surface area contributed by atoms with E-state index in [1.807, 2.05) is 5.48 Å². The van der Waals surface area contributed by atoms with E-state index >= 15 is 0 Å². The number of hydroxylamine groups is 1. The maximum atomic E-state index is 12.6. The van der Waals surface area contributed by atoms with Crippen molar-refractivity contribution in [1.82, 2.24) is 9.79 Å². The lowest BCUT2D eigenvalue weighted by Crippen LogP contribution is -2.54. The first-order valence-corrected chi connectivity index (χ1v) is 10.9. The van der Waals surface area contributed by atoms with Crippen LogP contribution in [0.3, 0.4) is 0 Å². The van der Waals surface area contributed by atoms with Crippen molar-refractivity contribution in [3.8, 4) is 0 Å². The van der Waals surface area contributed by atoms with E-state index in [0.717, 1.165) is 50.0 Å². The first kappa shape index (κ1) is 22.0. The minimum absolute atomic E-state index is 0.269. The highest BCUT2D eigenvalue weighted by molar-refractivity contribution is 7.97. The fourth-order valence-electron chi connectivity index (χ4n) is 3.77. The zero-order valence-corrected chi connectivity index (χ0v) is 17.9. The molecule has 0 radical (unpaired) electrons. The Morgan fingerprint density at radius 3 is 2.59 bits per heavy atom. The summed E-state index contributed by atoms with van der Waals surface area (Å²) in [6.07, 6.45) is 10.0. The van der Waals surface area contributed by atoms with E-state index in [1.54, 1.807) is 11.9 Å². The summed E-state index contributed by atoms with van der Waals surface area (Å²) in [5.41, 5.74) is 1.32. The van der Waals surface area contributed by atoms with Crippen molar-refractivity contribution in [2.75, 3.05) is 6.54 Å². The smallest absolute Gasteiger partial charge is 0.264 e. The van der Waals surface area contributed by atoms with Gasteiger partial charge < -0.3 is 0 Å². The minimum Gasteiger partial charge on any atom is -0.289 e. The van der Waals surface area contributed by atoms with Gasteiger partial charge in [-0.2, -0.15) is 0 Å². The molecule has 0 bridgehead atoms. The number of benzene rings is 1. The predicted molar refractivity (Wildman–Crippen MR) is 114 cm³/mol. The summed E-state index contributed by atoms with van der Waals surface area (Å²) >= 11 is 1.65. The average Bonchev–Trinajstić information content (AvgIpc) is 3.16. The van der Waals surface area contributed by atoms with Crippen LogP contribution in [0.2, 0.25) is 0 Å². The summed E-state index contributed by atoms with van der Waals surface area (Å²) in [5, 5.41) is 11.9. The van der Waals surface area contributed by atoms with E-state index in [-0.39, 0.29) is 5.91 Å². The fraction of sp³-hybridized carbons (Fsp3) is 0.591. The van der Waals surface area contributed by atoms with E-state index in [0.29, 0.717) is 5.92 Å². The Balaban J connectivity index is 2.37. The number of nitrogens with zero attached hydrogens (tertiary/aromatic N) is 1. The molecule has 0 atom stereocenters. The summed E-state index contributed by atoms with van der Waals surface area (Å²) in [5.74, 6) is 0.291. The summed E-state index contributed by atoms with van der Waals surface area (Å²) in [4.78, 5) is 13.8. The molecule has 0 heterocycles. The minimum atomic E-state index is -0.626. The van der Waals surface area contributed by atoms with Crippen LogP contribution >= 0.6 is 11.9 Å². The van der Waals surface area contributed by atoms with Crippen molar-refractivity contribution in [2.45, 2.75) is 76.7 Å². The highest BCUT2D eigenvalue weighted by atomic mass is 32.2. The molecule has 0 spiro atoms. The van der Waals surface area contributed by atoms with Gasteiger partial charge in [-0.1, -0.05) is 51.8 Å². The Morgan fingerprint density at radius 1 is 1.33 bits per heavy atom. The van der Waals surface area contributed by atoms with Gasteiger partial charge in [0.2, 0.25) is 0 Å². The standard InChI is InChI=1S/C22H34N2O2S/c1-5-9-19-10-11-20(16-18(19)6-2)27-24(15-12-17(3)4)22(21(25)23-26)13-7-8-14-22/h6,9-11,16-17,26H,5,7-8,12-15H2,1-4H3,(H,23,25)/b18-6-,19-9-. The summed E-state index contributed by atoms with van der Waals surface area (Å²) in [6.45, 7) is 9.44. The second kappa shape index (κ2) is 10.3. The number of carbonyl (C=O) groups excluding carboxylic acids is 1. The maximum absolute atomic E-state index is 12.6. The third-order valence-electron chi connectivity index (χ3n) is 5.35. The zero-order valence-electron chi connectivity index (χ0n) is 17.1. The van der Waals surface area contributed by atoms with Crippen LogP contribution < -0.4 is 15.9 Å². The third-order valence-corrected chi connectivity index (χ3v) is 6.57. The number of hydrogen-bond acceptors (Lipinski definition) is 4.